The molecule has 21 heavy (non-hydrogen) atoms. The van der Waals surface area contributed by atoms with Gasteiger partial charge in [0.2, 0.25) is 5.91 Å². The number of hydrogen-bond acceptors (Lipinski definition) is 4. The molecule has 118 valence electrons. The molecule has 0 fully saturated rings. The molecule has 1 aromatic heterocycles. The molecule has 1 aromatic rings. The molecule has 0 aliphatic carbocycles. The van der Waals surface area contributed by atoms with Crippen LogP contribution >= 0.6 is 0 Å². The molecule has 3 N–H and O–H groups in total. The minimum atomic E-state index is 0.0495. The van der Waals surface area contributed by atoms with Gasteiger partial charge in [0.05, 0.1) is 0 Å². The molecular weight excluding hydrogens is 270 g/mol. The Hall–Kier alpha value is -2.12. The minimum Gasteiger partial charge on any atom is -0.357 e. The SMILES string of the molecule is CCCNC(=O)CCNC(=NCc1ncnn1C)NCC. The van der Waals surface area contributed by atoms with Crippen molar-refractivity contribution in [1.82, 2.24) is 30.7 Å². The zero-order chi connectivity index (χ0) is 15.5. The molecule has 0 radical (unpaired) electrons. The average molecular weight is 295 g/mol. The van der Waals surface area contributed by atoms with Crippen LogP contribution in [0.3, 0.4) is 0 Å². The van der Waals surface area contributed by atoms with Gasteiger partial charge in [0.25, 0.3) is 0 Å². The van der Waals surface area contributed by atoms with Crippen molar-refractivity contribution in [3.8, 4) is 0 Å². The predicted octanol–water partition coefficient (Wildman–Crippen LogP) is -0.213. The third kappa shape index (κ3) is 6.73. The van der Waals surface area contributed by atoms with E-state index in [0.717, 1.165) is 25.3 Å². The molecule has 0 atom stereocenters. The number of hydrogen-bond donors (Lipinski definition) is 3. The van der Waals surface area contributed by atoms with Crippen LogP contribution in [0.4, 0.5) is 0 Å². The maximum atomic E-state index is 11.5. The second-order valence-electron chi connectivity index (χ2n) is 4.52. The fraction of sp³-hybridized carbons (Fsp3) is 0.692. The summed E-state index contributed by atoms with van der Waals surface area (Å²) in [6.07, 6.45) is 2.87. The first-order chi connectivity index (χ1) is 10.2. The Labute approximate surface area is 125 Å². The topological polar surface area (TPSA) is 96.2 Å². The Morgan fingerprint density at radius 1 is 1.29 bits per heavy atom. The number of nitrogens with one attached hydrogen (secondary N) is 3. The summed E-state index contributed by atoms with van der Waals surface area (Å²) in [5, 5.41) is 13.1. The number of amides is 1. The van der Waals surface area contributed by atoms with Gasteiger partial charge in [-0.15, -0.1) is 0 Å². The van der Waals surface area contributed by atoms with Crippen LogP contribution in [-0.4, -0.2) is 46.3 Å². The first kappa shape index (κ1) is 16.9. The van der Waals surface area contributed by atoms with Gasteiger partial charge in [0, 0.05) is 33.1 Å². The van der Waals surface area contributed by atoms with Gasteiger partial charge >= 0.3 is 0 Å². The highest BCUT2D eigenvalue weighted by molar-refractivity contribution is 5.81. The molecule has 1 rings (SSSR count). The number of rotatable bonds is 8. The Morgan fingerprint density at radius 3 is 2.71 bits per heavy atom. The second kappa shape index (κ2) is 9.73. The van der Waals surface area contributed by atoms with Crippen molar-refractivity contribution in [3.63, 3.8) is 0 Å². The van der Waals surface area contributed by atoms with Gasteiger partial charge in [-0.1, -0.05) is 6.92 Å². The summed E-state index contributed by atoms with van der Waals surface area (Å²) in [6, 6.07) is 0. The van der Waals surface area contributed by atoms with E-state index in [1.165, 1.54) is 6.33 Å². The molecule has 0 spiro atoms. The summed E-state index contributed by atoms with van der Waals surface area (Å²) >= 11 is 0. The Balaban J connectivity index is 2.39. The highest BCUT2D eigenvalue weighted by atomic mass is 16.1. The summed E-state index contributed by atoms with van der Waals surface area (Å²) in [5.41, 5.74) is 0. The van der Waals surface area contributed by atoms with E-state index in [-0.39, 0.29) is 5.91 Å². The molecule has 0 saturated carbocycles. The summed E-state index contributed by atoms with van der Waals surface area (Å²) in [4.78, 5) is 20.0. The fourth-order valence-electron chi connectivity index (χ4n) is 1.60. The van der Waals surface area contributed by atoms with E-state index in [0.29, 0.717) is 25.5 Å². The van der Waals surface area contributed by atoms with E-state index in [1.54, 1.807) is 4.68 Å². The normalized spacial score (nSPS) is 11.3. The lowest BCUT2D eigenvalue weighted by atomic mass is 10.4. The maximum absolute atomic E-state index is 11.5. The lowest BCUT2D eigenvalue weighted by molar-refractivity contribution is -0.120. The first-order valence-corrected chi connectivity index (χ1v) is 7.29. The van der Waals surface area contributed by atoms with Crippen LogP contribution in [0.5, 0.6) is 0 Å². The van der Waals surface area contributed by atoms with Crippen LogP contribution in [0, 0.1) is 0 Å². The number of aromatic nitrogens is 3. The summed E-state index contributed by atoms with van der Waals surface area (Å²) in [7, 11) is 1.83. The number of aliphatic imine (C=N–C) groups is 1. The molecule has 0 bridgehead atoms. The molecule has 1 amide bonds. The van der Waals surface area contributed by atoms with Gasteiger partial charge in [-0.2, -0.15) is 5.10 Å². The zero-order valence-electron chi connectivity index (χ0n) is 13.0. The van der Waals surface area contributed by atoms with Gasteiger partial charge in [0.1, 0.15) is 18.7 Å². The van der Waals surface area contributed by atoms with E-state index >= 15 is 0 Å². The average Bonchev–Trinajstić information content (AvgIpc) is 2.88. The van der Waals surface area contributed by atoms with Crippen LogP contribution in [0.1, 0.15) is 32.5 Å². The van der Waals surface area contributed by atoms with Gasteiger partial charge in [-0.25, -0.2) is 9.98 Å². The predicted molar refractivity (Wildman–Crippen MR) is 81.7 cm³/mol. The smallest absolute Gasteiger partial charge is 0.221 e. The van der Waals surface area contributed by atoms with Crippen LogP contribution in [-0.2, 0) is 18.4 Å². The summed E-state index contributed by atoms with van der Waals surface area (Å²) in [5.74, 6) is 1.50. The molecule has 8 heteroatoms. The van der Waals surface area contributed by atoms with Gasteiger partial charge in [-0.3, -0.25) is 9.48 Å². The third-order valence-electron chi connectivity index (χ3n) is 2.74. The van der Waals surface area contributed by atoms with Crippen LogP contribution in [0.15, 0.2) is 11.3 Å². The van der Waals surface area contributed by atoms with Crippen LogP contribution in [0.2, 0.25) is 0 Å². The molecule has 8 nitrogen and oxygen atoms in total. The quantitative estimate of drug-likeness (QED) is 0.455. The standard InChI is InChI=1S/C13H25N7O/c1-4-7-15-12(21)6-8-16-13(14-5-2)17-9-11-18-10-19-20(11)3/h10H,4-9H2,1-3H3,(H,15,21)(H2,14,16,17). The Kier molecular flexibility index (Phi) is 7.85. The molecule has 0 saturated heterocycles. The van der Waals surface area contributed by atoms with Crippen LogP contribution < -0.4 is 16.0 Å². The van der Waals surface area contributed by atoms with E-state index in [4.69, 9.17) is 0 Å². The fourth-order valence-corrected chi connectivity index (χ4v) is 1.60. The number of carbonyl (C=O) groups is 1. The number of nitrogens with zero attached hydrogens (tertiary/aromatic N) is 4. The highest BCUT2D eigenvalue weighted by Crippen LogP contribution is 1.93. The van der Waals surface area contributed by atoms with Crippen molar-refractivity contribution in [2.75, 3.05) is 19.6 Å². The molecule has 1 heterocycles. The number of guanidine groups is 1. The second-order valence-corrected chi connectivity index (χ2v) is 4.52. The van der Waals surface area contributed by atoms with E-state index < -0.39 is 0 Å². The van der Waals surface area contributed by atoms with E-state index in [9.17, 15) is 4.79 Å². The number of aryl methyl sites for hydroxylation is 1. The molecule has 0 aromatic carbocycles. The van der Waals surface area contributed by atoms with Crippen molar-refractivity contribution in [1.29, 1.82) is 0 Å². The third-order valence-corrected chi connectivity index (χ3v) is 2.74. The van der Waals surface area contributed by atoms with Gasteiger partial charge < -0.3 is 16.0 Å². The van der Waals surface area contributed by atoms with E-state index in [2.05, 4.69) is 31.0 Å². The summed E-state index contributed by atoms with van der Waals surface area (Å²) in [6.45, 7) is 6.48. The van der Waals surface area contributed by atoms with Crippen molar-refractivity contribution in [2.45, 2.75) is 33.2 Å². The lowest BCUT2D eigenvalue weighted by Gasteiger charge is -2.11. The first-order valence-electron chi connectivity index (χ1n) is 7.29. The van der Waals surface area contributed by atoms with E-state index in [1.807, 2.05) is 20.9 Å². The van der Waals surface area contributed by atoms with Crippen molar-refractivity contribution in [3.05, 3.63) is 12.2 Å². The zero-order valence-corrected chi connectivity index (χ0v) is 13.0. The van der Waals surface area contributed by atoms with Gasteiger partial charge in [-0.05, 0) is 13.3 Å². The minimum absolute atomic E-state index is 0.0495. The molecular formula is C13H25N7O. The Morgan fingerprint density at radius 2 is 2.10 bits per heavy atom. The molecule has 0 unspecified atom stereocenters. The van der Waals surface area contributed by atoms with Crippen molar-refractivity contribution < 1.29 is 4.79 Å². The van der Waals surface area contributed by atoms with Crippen LogP contribution in [0.25, 0.3) is 0 Å². The monoisotopic (exact) mass is 295 g/mol. The van der Waals surface area contributed by atoms with Crippen molar-refractivity contribution in [2.24, 2.45) is 12.0 Å². The highest BCUT2D eigenvalue weighted by Gasteiger charge is 2.03. The maximum Gasteiger partial charge on any atom is 0.221 e. The summed E-state index contributed by atoms with van der Waals surface area (Å²) < 4.78 is 1.69. The van der Waals surface area contributed by atoms with Crippen molar-refractivity contribution >= 4 is 11.9 Å². The molecule has 0 aliphatic rings. The lowest BCUT2D eigenvalue weighted by Crippen LogP contribution is -2.39. The van der Waals surface area contributed by atoms with Gasteiger partial charge in [0.15, 0.2) is 5.96 Å². The largest absolute Gasteiger partial charge is 0.357 e. The molecule has 0 aliphatic heterocycles. The Bertz CT molecular complexity index is 455. The number of carbonyl (C=O) groups excluding carboxylic acids is 1.